The minimum atomic E-state index is 0.566. The summed E-state index contributed by atoms with van der Waals surface area (Å²) in [5.41, 5.74) is 1.91. The Labute approximate surface area is 107 Å². The van der Waals surface area contributed by atoms with E-state index >= 15 is 0 Å². The lowest BCUT2D eigenvalue weighted by molar-refractivity contribution is 0.774. The predicted molar refractivity (Wildman–Crippen MR) is 69.6 cm³/mol. The number of thiazole rings is 1. The number of H-pyrrole nitrogens is 1. The molecular weight excluding hydrogens is 250 g/mol. The topological polar surface area (TPSA) is 84.3 Å². The van der Waals surface area contributed by atoms with Gasteiger partial charge in [0.1, 0.15) is 5.82 Å². The Balaban J connectivity index is 1.80. The van der Waals surface area contributed by atoms with Crippen LogP contribution in [0.15, 0.2) is 0 Å². The van der Waals surface area contributed by atoms with Crippen LogP contribution < -0.4 is 5.32 Å². The first kappa shape index (κ1) is 11.1. The summed E-state index contributed by atoms with van der Waals surface area (Å²) in [6, 6.07) is 0. The number of rotatable bonds is 3. The lowest BCUT2D eigenvalue weighted by atomic mass is 10.5. The van der Waals surface area contributed by atoms with Crippen LogP contribution in [0.25, 0.3) is 10.3 Å². The molecule has 0 fully saturated rings. The average Bonchev–Trinajstić information content (AvgIpc) is 2.97. The Kier molecular flexibility index (Phi) is 2.51. The number of fused-ring (bicyclic) bond motifs is 1. The molecule has 3 aromatic rings. The molecule has 8 heteroatoms. The van der Waals surface area contributed by atoms with Crippen LogP contribution in [-0.4, -0.2) is 29.9 Å². The third kappa shape index (κ3) is 1.84. The third-order valence-electron chi connectivity index (χ3n) is 2.59. The maximum atomic E-state index is 4.50. The molecule has 18 heavy (non-hydrogen) atoms. The highest BCUT2D eigenvalue weighted by atomic mass is 32.1. The van der Waals surface area contributed by atoms with E-state index in [1.165, 1.54) is 0 Å². The zero-order chi connectivity index (χ0) is 12.7. The largest absolute Gasteiger partial charge is 0.354 e. The third-order valence-corrected chi connectivity index (χ3v) is 3.70. The summed E-state index contributed by atoms with van der Waals surface area (Å²) in [5, 5.41) is 15.3. The molecule has 0 atom stereocenters. The minimum Gasteiger partial charge on any atom is -0.354 e. The molecule has 0 aliphatic heterocycles. The zero-order valence-electron chi connectivity index (χ0n) is 10.4. The first-order valence-electron chi connectivity index (χ1n) is 5.55. The van der Waals surface area contributed by atoms with Crippen molar-refractivity contribution >= 4 is 26.8 Å². The van der Waals surface area contributed by atoms with Crippen LogP contribution in [0.3, 0.4) is 0 Å². The number of hydrogen-bond donors (Lipinski definition) is 2. The van der Waals surface area contributed by atoms with Crippen molar-refractivity contribution in [2.45, 2.75) is 20.4 Å². The van der Waals surface area contributed by atoms with Gasteiger partial charge in [0.15, 0.2) is 16.6 Å². The maximum Gasteiger partial charge on any atom is 0.185 e. The predicted octanol–water partition coefficient (Wildman–Crippen LogP) is 1.38. The fourth-order valence-electron chi connectivity index (χ4n) is 1.78. The zero-order valence-corrected chi connectivity index (χ0v) is 11.2. The van der Waals surface area contributed by atoms with Gasteiger partial charge in [0.05, 0.1) is 16.9 Å². The highest BCUT2D eigenvalue weighted by molar-refractivity contribution is 7.22. The second-order valence-corrected chi connectivity index (χ2v) is 5.07. The summed E-state index contributed by atoms with van der Waals surface area (Å²) in [6.45, 7) is 4.43. The summed E-state index contributed by atoms with van der Waals surface area (Å²) >= 11 is 1.60. The Hall–Kier alpha value is -1.96. The van der Waals surface area contributed by atoms with Gasteiger partial charge in [0.2, 0.25) is 0 Å². The van der Waals surface area contributed by atoms with Gasteiger partial charge in [-0.2, -0.15) is 10.2 Å². The first-order chi connectivity index (χ1) is 8.63. The summed E-state index contributed by atoms with van der Waals surface area (Å²) in [5.74, 6) is 1.55. The number of anilines is 1. The minimum absolute atomic E-state index is 0.566. The molecular formula is C10H13N7S. The normalized spacial score (nSPS) is 11.3. The van der Waals surface area contributed by atoms with Gasteiger partial charge in [-0.1, -0.05) is 11.3 Å². The van der Waals surface area contributed by atoms with E-state index in [4.69, 9.17) is 0 Å². The van der Waals surface area contributed by atoms with E-state index in [-0.39, 0.29) is 0 Å². The first-order valence-corrected chi connectivity index (χ1v) is 6.37. The molecule has 3 heterocycles. The van der Waals surface area contributed by atoms with Gasteiger partial charge in [-0.15, -0.1) is 0 Å². The van der Waals surface area contributed by atoms with E-state index in [0.717, 1.165) is 32.8 Å². The molecule has 0 amide bonds. The molecule has 0 unspecified atom stereocenters. The summed E-state index contributed by atoms with van der Waals surface area (Å²) < 4.78 is 2.91. The van der Waals surface area contributed by atoms with Crippen molar-refractivity contribution in [1.82, 2.24) is 29.9 Å². The van der Waals surface area contributed by atoms with E-state index < -0.39 is 0 Å². The van der Waals surface area contributed by atoms with Crippen LogP contribution in [-0.2, 0) is 13.6 Å². The molecule has 2 N–H and O–H groups in total. The van der Waals surface area contributed by atoms with Crippen LogP contribution >= 0.6 is 11.3 Å². The molecule has 0 bridgehead atoms. The number of hydrogen-bond acceptors (Lipinski definition) is 6. The number of nitrogens with zero attached hydrogens (tertiary/aromatic N) is 5. The molecule has 0 aromatic carbocycles. The molecule has 94 valence electrons. The maximum absolute atomic E-state index is 4.50. The second kappa shape index (κ2) is 4.05. The number of aryl methyl sites for hydroxylation is 3. The fourth-order valence-corrected chi connectivity index (χ4v) is 2.71. The van der Waals surface area contributed by atoms with Crippen LogP contribution in [0.4, 0.5) is 5.13 Å². The van der Waals surface area contributed by atoms with Crippen molar-refractivity contribution in [2.24, 2.45) is 7.05 Å². The number of nitrogens with one attached hydrogen (secondary N) is 2. The number of aromatic amines is 1. The van der Waals surface area contributed by atoms with Gasteiger partial charge in [-0.25, -0.2) is 14.6 Å². The highest BCUT2D eigenvalue weighted by Crippen LogP contribution is 2.28. The van der Waals surface area contributed by atoms with Gasteiger partial charge < -0.3 is 5.32 Å². The Morgan fingerprint density at radius 1 is 1.33 bits per heavy atom. The number of aromatic nitrogens is 6. The van der Waals surface area contributed by atoms with Gasteiger partial charge in [0, 0.05) is 7.05 Å². The standard InChI is InChI=1S/C10H13N7S/c1-5-8-9(17(3)16-5)13-10(18-8)11-4-7-12-6(2)14-15-7/h4H2,1-3H3,(H,11,13)(H,12,14,15). The summed E-state index contributed by atoms with van der Waals surface area (Å²) in [6.07, 6.45) is 0. The molecule has 0 spiro atoms. The molecule has 0 aliphatic carbocycles. The fraction of sp³-hybridized carbons (Fsp3) is 0.400. The monoisotopic (exact) mass is 263 g/mol. The summed E-state index contributed by atoms with van der Waals surface area (Å²) in [7, 11) is 1.90. The van der Waals surface area contributed by atoms with Crippen LogP contribution in [0, 0.1) is 13.8 Å². The van der Waals surface area contributed by atoms with Crippen molar-refractivity contribution in [3.8, 4) is 0 Å². The van der Waals surface area contributed by atoms with Crippen molar-refractivity contribution in [2.75, 3.05) is 5.32 Å². The SMILES string of the molecule is Cc1nc(CNc2nc3c(s2)c(C)nn3C)n[nH]1. The quantitative estimate of drug-likeness (QED) is 0.745. The van der Waals surface area contributed by atoms with Gasteiger partial charge in [-0.05, 0) is 13.8 Å². The Morgan fingerprint density at radius 2 is 2.17 bits per heavy atom. The average molecular weight is 263 g/mol. The summed E-state index contributed by atoms with van der Waals surface area (Å²) in [4.78, 5) is 8.73. The van der Waals surface area contributed by atoms with Crippen molar-refractivity contribution in [3.63, 3.8) is 0 Å². The highest BCUT2D eigenvalue weighted by Gasteiger charge is 2.11. The van der Waals surface area contributed by atoms with E-state index in [1.807, 2.05) is 20.9 Å². The lowest BCUT2D eigenvalue weighted by Gasteiger charge is -1.97. The van der Waals surface area contributed by atoms with E-state index in [1.54, 1.807) is 16.0 Å². The van der Waals surface area contributed by atoms with Crippen molar-refractivity contribution < 1.29 is 0 Å². The van der Waals surface area contributed by atoms with Crippen LogP contribution in [0.2, 0.25) is 0 Å². The molecule has 7 nitrogen and oxygen atoms in total. The second-order valence-electron chi connectivity index (χ2n) is 4.07. The molecule has 0 aliphatic rings. The van der Waals surface area contributed by atoms with Crippen LogP contribution in [0.5, 0.6) is 0 Å². The molecule has 3 rings (SSSR count). The lowest BCUT2D eigenvalue weighted by Crippen LogP contribution is -2.01. The molecule has 0 saturated carbocycles. The molecule has 0 saturated heterocycles. The Morgan fingerprint density at radius 3 is 2.83 bits per heavy atom. The Bertz CT molecular complexity index is 658. The van der Waals surface area contributed by atoms with Gasteiger partial charge in [-0.3, -0.25) is 5.10 Å². The van der Waals surface area contributed by atoms with E-state index in [0.29, 0.717) is 6.54 Å². The smallest absolute Gasteiger partial charge is 0.185 e. The molecule has 3 aromatic heterocycles. The van der Waals surface area contributed by atoms with E-state index in [2.05, 4.69) is 30.6 Å². The van der Waals surface area contributed by atoms with Crippen molar-refractivity contribution in [1.29, 1.82) is 0 Å². The van der Waals surface area contributed by atoms with E-state index in [9.17, 15) is 0 Å². The van der Waals surface area contributed by atoms with Crippen molar-refractivity contribution in [3.05, 3.63) is 17.3 Å². The van der Waals surface area contributed by atoms with Gasteiger partial charge in [0.25, 0.3) is 0 Å². The van der Waals surface area contributed by atoms with Crippen LogP contribution in [0.1, 0.15) is 17.3 Å². The molecule has 0 radical (unpaired) electrons. The van der Waals surface area contributed by atoms with Gasteiger partial charge >= 0.3 is 0 Å².